The molecular formula is C12H9ClN2O3. The number of nitrogens with zero attached hydrogens (tertiary/aromatic N) is 1. The van der Waals surface area contributed by atoms with Gasteiger partial charge in [-0.1, -0.05) is 11.6 Å². The summed E-state index contributed by atoms with van der Waals surface area (Å²) >= 11 is 6.02. The van der Waals surface area contributed by atoms with Crippen LogP contribution in [0.25, 0.3) is 11.0 Å². The van der Waals surface area contributed by atoms with Crippen LogP contribution in [0.4, 0.5) is 0 Å². The van der Waals surface area contributed by atoms with Crippen LogP contribution >= 0.6 is 11.6 Å². The minimum absolute atomic E-state index is 0.166. The van der Waals surface area contributed by atoms with E-state index in [0.29, 0.717) is 28.0 Å². The fourth-order valence-electron chi connectivity index (χ4n) is 2.12. The Morgan fingerprint density at radius 1 is 1.39 bits per heavy atom. The number of aromatic nitrogens is 2. The molecule has 0 radical (unpaired) electrons. The number of Topliss-reactive ketones (excluding diaryl/α,β-unsaturated/α-hetero) is 1. The number of H-pyrrole nitrogens is 1. The summed E-state index contributed by atoms with van der Waals surface area (Å²) < 4.78 is 0. The zero-order chi connectivity index (χ0) is 12.9. The van der Waals surface area contributed by atoms with Crippen molar-refractivity contribution in [2.24, 2.45) is 11.8 Å². The van der Waals surface area contributed by atoms with Gasteiger partial charge in [0.2, 0.25) is 0 Å². The highest BCUT2D eigenvalue weighted by molar-refractivity contribution is 6.35. The number of rotatable bonds is 3. The molecule has 0 spiro atoms. The van der Waals surface area contributed by atoms with Gasteiger partial charge in [-0.2, -0.15) is 0 Å². The number of aromatic amines is 1. The van der Waals surface area contributed by atoms with E-state index in [1.807, 2.05) is 0 Å². The van der Waals surface area contributed by atoms with Crippen LogP contribution in [0.3, 0.4) is 0 Å². The molecule has 0 aliphatic heterocycles. The first-order chi connectivity index (χ1) is 8.58. The van der Waals surface area contributed by atoms with Crippen LogP contribution in [0.1, 0.15) is 16.8 Å². The molecule has 1 aliphatic rings. The molecule has 1 aliphatic carbocycles. The highest BCUT2D eigenvalue weighted by Crippen LogP contribution is 2.41. The summed E-state index contributed by atoms with van der Waals surface area (Å²) in [5.74, 6) is -2.05. The molecule has 1 aromatic heterocycles. The van der Waals surface area contributed by atoms with Crippen LogP contribution in [0.2, 0.25) is 5.02 Å². The summed E-state index contributed by atoms with van der Waals surface area (Å²) in [6.07, 6.45) is 1.91. The number of ketones is 1. The summed E-state index contributed by atoms with van der Waals surface area (Å²) in [7, 11) is 0. The van der Waals surface area contributed by atoms with Crippen molar-refractivity contribution < 1.29 is 14.7 Å². The minimum Gasteiger partial charge on any atom is -0.481 e. The second-order valence-electron chi connectivity index (χ2n) is 4.41. The Labute approximate surface area is 107 Å². The molecule has 5 nitrogen and oxygen atoms in total. The van der Waals surface area contributed by atoms with Crippen molar-refractivity contribution in [3.63, 3.8) is 0 Å². The monoisotopic (exact) mass is 264 g/mol. The maximum absolute atomic E-state index is 12.1. The van der Waals surface area contributed by atoms with E-state index in [4.69, 9.17) is 16.7 Å². The fraction of sp³-hybridized carbons (Fsp3) is 0.250. The van der Waals surface area contributed by atoms with Crippen molar-refractivity contribution in [2.75, 3.05) is 0 Å². The van der Waals surface area contributed by atoms with Gasteiger partial charge in [-0.05, 0) is 18.6 Å². The SMILES string of the molecule is O=C(O)[C@H]1C[C@@H]1C(=O)c1cc(Cl)c2nc[nH]c2c1. The summed E-state index contributed by atoms with van der Waals surface area (Å²) in [5, 5.41) is 9.21. The second kappa shape index (κ2) is 3.81. The molecule has 1 heterocycles. The van der Waals surface area contributed by atoms with Crippen molar-refractivity contribution in [2.45, 2.75) is 6.42 Å². The quantitative estimate of drug-likeness (QED) is 0.832. The number of nitrogens with one attached hydrogen (secondary N) is 1. The van der Waals surface area contributed by atoms with Gasteiger partial charge in [0.05, 0.1) is 22.8 Å². The second-order valence-corrected chi connectivity index (χ2v) is 4.82. The molecule has 0 amide bonds. The lowest BCUT2D eigenvalue weighted by Gasteiger charge is -2.01. The van der Waals surface area contributed by atoms with Crippen LogP contribution in [-0.4, -0.2) is 26.8 Å². The zero-order valence-electron chi connectivity index (χ0n) is 9.18. The van der Waals surface area contributed by atoms with Gasteiger partial charge >= 0.3 is 5.97 Å². The predicted octanol–water partition coefficient (Wildman–Crippen LogP) is 2.12. The lowest BCUT2D eigenvalue weighted by molar-refractivity contribution is -0.138. The average molecular weight is 265 g/mol. The molecule has 1 aromatic carbocycles. The van der Waals surface area contributed by atoms with Gasteiger partial charge in [0.1, 0.15) is 5.52 Å². The molecule has 2 aromatic rings. The fourth-order valence-corrected chi connectivity index (χ4v) is 2.39. The van der Waals surface area contributed by atoms with Crippen molar-refractivity contribution in [1.82, 2.24) is 9.97 Å². The largest absolute Gasteiger partial charge is 0.481 e. The highest BCUT2D eigenvalue weighted by Gasteiger charge is 2.48. The molecule has 1 saturated carbocycles. The van der Waals surface area contributed by atoms with Crippen LogP contribution in [0.15, 0.2) is 18.5 Å². The Morgan fingerprint density at radius 3 is 2.83 bits per heavy atom. The highest BCUT2D eigenvalue weighted by atomic mass is 35.5. The maximum atomic E-state index is 12.1. The molecule has 2 N–H and O–H groups in total. The van der Waals surface area contributed by atoms with Gasteiger partial charge in [-0.15, -0.1) is 0 Å². The average Bonchev–Trinajstić information content (AvgIpc) is 2.99. The maximum Gasteiger partial charge on any atom is 0.307 e. The molecule has 3 rings (SSSR count). The van der Waals surface area contributed by atoms with Crippen LogP contribution in [0.5, 0.6) is 0 Å². The van der Waals surface area contributed by atoms with E-state index in [1.165, 1.54) is 6.33 Å². The number of hydrogen-bond donors (Lipinski definition) is 2. The Balaban J connectivity index is 1.95. The summed E-state index contributed by atoms with van der Waals surface area (Å²) in [5.41, 5.74) is 1.72. The van der Waals surface area contributed by atoms with Gasteiger partial charge in [-0.3, -0.25) is 9.59 Å². The first kappa shape index (κ1) is 11.2. The molecule has 18 heavy (non-hydrogen) atoms. The van der Waals surface area contributed by atoms with Crippen molar-refractivity contribution in [3.8, 4) is 0 Å². The van der Waals surface area contributed by atoms with E-state index in [2.05, 4.69) is 9.97 Å². The summed E-state index contributed by atoms with van der Waals surface area (Å²) in [4.78, 5) is 29.7. The summed E-state index contributed by atoms with van der Waals surface area (Å²) in [6, 6.07) is 3.21. The molecule has 0 bridgehead atoms. The van der Waals surface area contributed by atoms with E-state index in [0.717, 1.165) is 0 Å². The topological polar surface area (TPSA) is 83.0 Å². The number of halogens is 1. The normalized spacial score (nSPS) is 22.1. The Hall–Kier alpha value is -1.88. The van der Waals surface area contributed by atoms with Crippen LogP contribution in [0, 0.1) is 11.8 Å². The smallest absolute Gasteiger partial charge is 0.307 e. The lowest BCUT2D eigenvalue weighted by Crippen LogP contribution is -2.08. The van der Waals surface area contributed by atoms with E-state index in [1.54, 1.807) is 12.1 Å². The first-order valence-electron chi connectivity index (χ1n) is 5.47. The standard InChI is InChI=1S/C12H9ClN2O3/c13-8-1-5(2-9-10(8)15-4-14-9)11(16)6-3-7(6)12(17)18/h1-2,4,6-7H,3H2,(H,14,15)(H,17,18)/t6-,7-/m0/s1. The Bertz CT molecular complexity index is 664. The van der Waals surface area contributed by atoms with Crippen molar-refractivity contribution >= 4 is 34.4 Å². The lowest BCUT2D eigenvalue weighted by atomic mass is 10.1. The predicted molar refractivity (Wildman–Crippen MR) is 64.7 cm³/mol. The van der Waals surface area contributed by atoms with Crippen molar-refractivity contribution in [1.29, 1.82) is 0 Å². The molecule has 6 heteroatoms. The third kappa shape index (κ3) is 1.67. The van der Waals surface area contributed by atoms with E-state index in [9.17, 15) is 9.59 Å². The zero-order valence-corrected chi connectivity index (χ0v) is 9.94. The number of aliphatic carboxylic acids is 1. The molecule has 92 valence electrons. The number of carboxylic acid groups (broad SMARTS) is 1. The third-order valence-corrected chi connectivity index (χ3v) is 3.49. The molecule has 1 fully saturated rings. The molecule has 0 saturated heterocycles. The Kier molecular flexibility index (Phi) is 2.38. The van der Waals surface area contributed by atoms with E-state index >= 15 is 0 Å². The van der Waals surface area contributed by atoms with Crippen molar-refractivity contribution in [3.05, 3.63) is 29.0 Å². The van der Waals surface area contributed by atoms with Crippen LogP contribution in [-0.2, 0) is 4.79 Å². The van der Waals surface area contributed by atoms with Gasteiger partial charge in [-0.25, -0.2) is 4.98 Å². The van der Waals surface area contributed by atoms with E-state index in [-0.39, 0.29) is 5.78 Å². The third-order valence-electron chi connectivity index (χ3n) is 3.21. The first-order valence-corrected chi connectivity index (χ1v) is 5.85. The number of carboxylic acids is 1. The molecular weight excluding hydrogens is 256 g/mol. The van der Waals surface area contributed by atoms with E-state index < -0.39 is 17.8 Å². The number of fused-ring (bicyclic) bond motifs is 1. The summed E-state index contributed by atoms with van der Waals surface area (Å²) in [6.45, 7) is 0. The van der Waals surface area contributed by atoms with Gasteiger partial charge in [0.25, 0.3) is 0 Å². The number of carbonyl (C=O) groups is 2. The number of benzene rings is 1. The molecule has 0 unspecified atom stereocenters. The van der Waals surface area contributed by atoms with Gasteiger partial charge in [0, 0.05) is 11.5 Å². The minimum atomic E-state index is -0.915. The van der Waals surface area contributed by atoms with Crippen LogP contribution < -0.4 is 0 Å². The van der Waals surface area contributed by atoms with Gasteiger partial charge < -0.3 is 10.1 Å². The molecule has 2 atom stereocenters. The number of imidazole rings is 1. The Morgan fingerprint density at radius 2 is 2.17 bits per heavy atom. The number of hydrogen-bond acceptors (Lipinski definition) is 3. The number of carbonyl (C=O) groups excluding carboxylic acids is 1. The van der Waals surface area contributed by atoms with Gasteiger partial charge in [0.15, 0.2) is 5.78 Å².